The Morgan fingerprint density at radius 3 is 1.90 bits per heavy atom. The number of anilines is 2. The second kappa shape index (κ2) is 10.3. The first-order chi connectivity index (χ1) is 19.4. The summed E-state index contributed by atoms with van der Waals surface area (Å²) in [6.45, 7) is 2.74. The SMILES string of the molecule is CC1(N(Cc2ccccc2)C(=O)N2[C@H]3CC[C@@H]2[C@@H](C(=O)O)N(C(=O)N(c2ccccc2)c2ccccc2)C3)CC1. The number of carbonyl (C=O) groups is 3. The third kappa shape index (κ3) is 4.68. The highest BCUT2D eigenvalue weighted by Crippen LogP contribution is 2.45. The number of carbonyl (C=O) groups excluding carboxylic acids is 2. The first-order valence-electron chi connectivity index (χ1n) is 13.9. The summed E-state index contributed by atoms with van der Waals surface area (Å²) in [4.78, 5) is 48.0. The number of urea groups is 2. The molecule has 3 aliphatic rings. The van der Waals surface area contributed by atoms with Crippen molar-refractivity contribution in [3.63, 3.8) is 0 Å². The van der Waals surface area contributed by atoms with Crippen LogP contribution < -0.4 is 4.90 Å². The van der Waals surface area contributed by atoms with Crippen LogP contribution in [0.2, 0.25) is 0 Å². The average Bonchev–Trinajstić information content (AvgIpc) is 3.65. The summed E-state index contributed by atoms with van der Waals surface area (Å²) >= 11 is 0. The number of carboxylic acid groups (broad SMARTS) is 1. The number of benzene rings is 3. The summed E-state index contributed by atoms with van der Waals surface area (Å²) in [5.41, 5.74) is 2.12. The summed E-state index contributed by atoms with van der Waals surface area (Å²) in [5.74, 6) is -1.09. The van der Waals surface area contributed by atoms with E-state index in [2.05, 4.69) is 6.92 Å². The molecular formula is C32H34N4O4. The number of fused-ring (bicyclic) bond motifs is 2. The van der Waals surface area contributed by atoms with Gasteiger partial charge in [-0.2, -0.15) is 0 Å². The third-order valence-corrected chi connectivity index (χ3v) is 8.63. The Morgan fingerprint density at radius 1 is 0.825 bits per heavy atom. The Kier molecular flexibility index (Phi) is 6.70. The Labute approximate surface area is 234 Å². The third-order valence-electron chi connectivity index (χ3n) is 8.63. The predicted molar refractivity (Wildman–Crippen MR) is 152 cm³/mol. The van der Waals surface area contributed by atoms with E-state index in [0.717, 1.165) is 18.4 Å². The van der Waals surface area contributed by atoms with Crippen LogP contribution in [0.1, 0.15) is 38.2 Å². The molecule has 2 bridgehead atoms. The smallest absolute Gasteiger partial charge is 0.329 e. The highest BCUT2D eigenvalue weighted by Gasteiger charge is 2.56. The number of piperazine rings is 1. The number of aliphatic carboxylic acids is 1. The number of para-hydroxylation sites is 2. The summed E-state index contributed by atoms with van der Waals surface area (Å²) in [5, 5.41) is 10.5. The Bertz CT molecular complexity index is 1340. The molecule has 206 valence electrons. The quantitative estimate of drug-likeness (QED) is 0.435. The van der Waals surface area contributed by atoms with Crippen molar-refractivity contribution in [2.24, 2.45) is 0 Å². The minimum absolute atomic E-state index is 0.127. The van der Waals surface area contributed by atoms with Crippen molar-refractivity contribution in [2.75, 3.05) is 11.4 Å². The van der Waals surface area contributed by atoms with Crippen LogP contribution in [0.15, 0.2) is 91.0 Å². The van der Waals surface area contributed by atoms with Crippen LogP contribution in [0.25, 0.3) is 0 Å². The van der Waals surface area contributed by atoms with Crippen LogP contribution in [0.3, 0.4) is 0 Å². The van der Waals surface area contributed by atoms with Crippen LogP contribution in [-0.2, 0) is 11.3 Å². The lowest BCUT2D eigenvalue weighted by Crippen LogP contribution is -2.68. The average molecular weight is 539 g/mol. The van der Waals surface area contributed by atoms with Gasteiger partial charge in [-0.15, -0.1) is 0 Å². The monoisotopic (exact) mass is 538 g/mol. The van der Waals surface area contributed by atoms with E-state index in [9.17, 15) is 19.5 Å². The van der Waals surface area contributed by atoms with Crippen molar-refractivity contribution >= 4 is 29.4 Å². The molecule has 3 aromatic carbocycles. The van der Waals surface area contributed by atoms with Gasteiger partial charge in [0.2, 0.25) is 0 Å². The van der Waals surface area contributed by atoms with Crippen molar-refractivity contribution in [2.45, 2.75) is 62.8 Å². The molecule has 8 heteroatoms. The number of hydrogen-bond acceptors (Lipinski definition) is 3. The van der Waals surface area contributed by atoms with E-state index in [0.29, 0.717) is 30.8 Å². The molecule has 2 aliphatic heterocycles. The fourth-order valence-electron chi connectivity index (χ4n) is 6.24. The fourth-order valence-corrected chi connectivity index (χ4v) is 6.24. The van der Waals surface area contributed by atoms with Gasteiger partial charge < -0.3 is 19.8 Å². The molecular weight excluding hydrogens is 504 g/mol. The minimum atomic E-state index is -1.14. The van der Waals surface area contributed by atoms with E-state index < -0.39 is 24.1 Å². The van der Waals surface area contributed by atoms with E-state index in [1.54, 1.807) is 9.80 Å². The largest absolute Gasteiger partial charge is 0.480 e. The molecule has 1 saturated carbocycles. The van der Waals surface area contributed by atoms with Gasteiger partial charge in [0.05, 0.1) is 23.5 Å². The van der Waals surface area contributed by atoms with E-state index in [4.69, 9.17) is 0 Å². The summed E-state index contributed by atoms with van der Waals surface area (Å²) in [7, 11) is 0. The zero-order valence-electron chi connectivity index (χ0n) is 22.6. The number of carboxylic acids is 1. The molecule has 1 N–H and O–H groups in total. The summed E-state index contributed by atoms with van der Waals surface area (Å²) in [6.07, 6.45) is 3.05. The van der Waals surface area contributed by atoms with Gasteiger partial charge in [0.1, 0.15) is 0 Å². The highest BCUT2D eigenvalue weighted by atomic mass is 16.4. The van der Waals surface area contributed by atoms with Gasteiger partial charge in [-0.25, -0.2) is 14.4 Å². The maximum absolute atomic E-state index is 14.2. The fraction of sp³-hybridized carbons (Fsp3) is 0.344. The molecule has 0 unspecified atom stereocenters. The first kappa shape index (κ1) is 25.9. The van der Waals surface area contributed by atoms with Crippen LogP contribution in [-0.4, -0.2) is 68.0 Å². The molecule has 3 aromatic rings. The lowest BCUT2D eigenvalue weighted by molar-refractivity contribution is -0.145. The van der Waals surface area contributed by atoms with Crippen LogP contribution in [0, 0.1) is 0 Å². The van der Waals surface area contributed by atoms with Gasteiger partial charge in [-0.1, -0.05) is 66.7 Å². The molecule has 4 amide bonds. The van der Waals surface area contributed by atoms with Gasteiger partial charge in [0.25, 0.3) is 0 Å². The Morgan fingerprint density at radius 2 is 1.38 bits per heavy atom. The zero-order chi connectivity index (χ0) is 27.9. The molecule has 0 aromatic heterocycles. The van der Waals surface area contributed by atoms with Crippen molar-refractivity contribution in [1.82, 2.24) is 14.7 Å². The lowest BCUT2D eigenvalue weighted by atomic mass is 10.0. The van der Waals surface area contributed by atoms with Gasteiger partial charge in [-0.3, -0.25) is 4.90 Å². The van der Waals surface area contributed by atoms with Crippen molar-refractivity contribution in [3.05, 3.63) is 96.6 Å². The number of likely N-dealkylation sites (tertiary alicyclic amines) is 1. The minimum Gasteiger partial charge on any atom is -0.480 e. The van der Waals surface area contributed by atoms with Gasteiger partial charge >= 0.3 is 18.0 Å². The summed E-state index contributed by atoms with van der Waals surface area (Å²) < 4.78 is 0. The molecule has 3 atom stereocenters. The van der Waals surface area contributed by atoms with Crippen LogP contribution in [0.4, 0.5) is 21.0 Å². The molecule has 2 saturated heterocycles. The van der Waals surface area contributed by atoms with E-state index in [1.165, 1.54) is 4.90 Å². The van der Waals surface area contributed by atoms with Crippen molar-refractivity contribution in [1.29, 1.82) is 0 Å². The number of rotatable bonds is 6. The topological polar surface area (TPSA) is 84.4 Å². The molecule has 40 heavy (non-hydrogen) atoms. The highest BCUT2D eigenvalue weighted by molar-refractivity contribution is 6.01. The van der Waals surface area contributed by atoms with Gasteiger partial charge in [-0.05, 0) is 62.4 Å². The Hall–Kier alpha value is -4.33. The van der Waals surface area contributed by atoms with E-state index >= 15 is 0 Å². The summed E-state index contributed by atoms with van der Waals surface area (Å²) in [6, 6.07) is 25.9. The number of hydrogen-bond donors (Lipinski definition) is 1. The molecule has 3 fully saturated rings. The molecule has 1 aliphatic carbocycles. The molecule has 6 rings (SSSR count). The number of nitrogens with zero attached hydrogens (tertiary/aromatic N) is 4. The maximum Gasteiger partial charge on any atom is 0.329 e. The zero-order valence-corrected chi connectivity index (χ0v) is 22.6. The normalized spacial score (nSPS) is 22.5. The molecule has 2 heterocycles. The maximum atomic E-state index is 14.2. The van der Waals surface area contributed by atoms with Gasteiger partial charge in [0, 0.05) is 18.6 Å². The van der Waals surface area contributed by atoms with E-state index in [-0.39, 0.29) is 24.2 Å². The second-order valence-electron chi connectivity index (χ2n) is 11.3. The molecule has 8 nitrogen and oxygen atoms in total. The number of amides is 4. The standard InChI is InChI=1S/C32H34N4O4/c1-32(19-20-32)34(21-23-11-5-2-6-12-23)31(40)36-26-17-18-27(36)28(29(37)38)33(22-26)30(39)35(24-13-7-3-8-14-24)25-15-9-4-10-16-25/h2-16,26-28H,17-22H2,1H3,(H,37,38)/t26-,27+,28-/m0/s1. The Balaban J connectivity index is 1.32. The predicted octanol–water partition coefficient (Wildman–Crippen LogP) is 5.72. The lowest BCUT2D eigenvalue weighted by Gasteiger charge is -2.48. The van der Waals surface area contributed by atoms with Crippen LogP contribution >= 0.6 is 0 Å². The molecule has 0 spiro atoms. The van der Waals surface area contributed by atoms with Crippen molar-refractivity contribution < 1.29 is 19.5 Å². The second-order valence-corrected chi connectivity index (χ2v) is 11.3. The van der Waals surface area contributed by atoms with Crippen molar-refractivity contribution in [3.8, 4) is 0 Å². The van der Waals surface area contributed by atoms with E-state index in [1.807, 2.05) is 95.9 Å². The van der Waals surface area contributed by atoms with Crippen LogP contribution in [0.5, 0.6) is 0 Å². The molecule has 0 radical (unpaired) electrons. The van der Waals surface area contributed by atoms with Gasteiger partial charge in [0.15, 0.2) is 6.04 Å². The first-order valence-corrected chi connectivity index (χ1v) is 13.9.